The maximum atomic E-state index is 13.6. The van der Waals surface area contributed by atoms with Gasteiger partial charge in [-0.25, -0.2) is 4.39 Å². The molecule has 0 aliphatic heterocycles. The molecular formula is C15H13FO2. The van der Waals surface area contributed by atoms with Gasteiger partial charge in [-0.3, -0.25) is 4.79 Å². The van der Waals surface area contributed by atoms with E-state index < -0.39 is 18.1 Å². The SMILES string of the molecule is O=C(O)C(CF)(c1ccccc1)c1ccccc1. The van der Waals surface area contributed by atoms with Gasteiger partial charge < -0.3 is 5.11 Å². The zero-order valence-electron chi connectivity index (χ0n) is 9.71. The second kappa shape index (κ2) is 5.00. The number of carboxylic acid groups (broad SMARTS) is 1. The molecule has 0 aliphatic rings. The third-order valence-electron chi connectivity index (χ3n) is 3.10. The molecule has 2 aromatic carbocycles. The zero-order valence-corrected chi connectivity index (χ0v) is 9.71. The van der Waals surface area contributed by atoms with E-state index in [2.05, 4.69) is 0 Å². The molecule has 2 rings (SSSR count). The van der Waals surface area contributed by atoms with Crippen LogP contribution >= 0.6 is 0 Å². The third kappa shape index (κ3) is 1.88. The van der Waals surface area contributed by atoms with Gasteiger partial charge in [-0.1, -0.05) is 60.7 Å². The van der Waals surface area contributed by atoms with Crippen molar-refractivity contribution < 1.29 is 14.3 Å². The van der Waals surface area contributed by atoms with Crippen molar-refractivity contribution in [3.05, 3.63) is 71.8 Å². The number of benzene rings is 2. The highest BCUT2D eigenvalue weighted by molar-refractivity contribution is 5.86. The van der Waals surface area contributed by atoms with Gasteiger partial charge in [-0.2, -0.15) is 0 Å². The van der Waals surface area contributed by atoms with Crippen molar-refractivity contribution in [1.29, 1.82) is 0 Å². The fourth-order valence-electron chi connectivity index (χ4n) is 2.07. The Kier molecular flexibility index (Phi) is 3.42. The lowest BCUT2D eigenvalue weighted by molar-refractivity contribution is -0.142. The molecule has 0 saturated heterocycles. The molecule has 18 heavy (non-hydrogen) atoms. The number of aliphatic carboxylic acids is 1. The summed E-state index contributed by atoms with van der Waals surface area (Å²) in [5, 5.41) is 9.49. The molecule has 2 aromatic rings. The van der Waals surface area contributed by atoms with Crippen LogP contribution < -0.4 is 0 Å². The lowest BCUT2D eigenvalue weighted by Gasteiger charge is -2.27. The average molecular weight is 244 g/mol. The molecule has 0 aromatic heterocycles. The van der Waals surface area contributed by atoms with Gasteiger partial charge in [-0.05, 0) is 11.1 Å². The molecule has 1 N–H and O–H groups in total. The molecule has 0 fully saturated rings. The average Bonchev–Trinajstić information content (AvgIpc) is 2.42. The molecule has 92 valence electrons. The van der Waals surface area contributed by atoms with E-state index in [9.17, 15) is 14.3 Å². The fraction of sp³-hybridized carbons (Fsp3) is 0.133. The molecule has 0 heterocycles. The lowest BCUT2D eigenvalue weighted by Crippen LogP contribution is -2.39. The van der Waals surface area contributed by atoms with Crippen molar-refractivity contribution in [3.8, 4) is 0 Å². The third-order valence-corrected chi connectivity index (χ3v) is 3.10. The minimum atomic E-state index is -1.62. The Morgan fingerprint density at radius 1 is 0.944 bits per heavy atom. The van der Waals surface area contributed by atoms with Gasteiger partial charge in [0.05, 0.1) is 0 Å². The Hall–Kier alpha value is -2.16. The molecule has 0 saturated carbocycles. The van der Waals surface area contributed by atoms with Crippen LogP contribution in [0.15, 0.2) is 60.7 Å². The first kappa shape index (κ1) is 12.3. The molecule has 0 atom stereocenters. The summed E-state index contributed by atoms with van der Waals surface area (Å²) in [7, 11) is 0. The smallest absolute Gasteiger partial charge is 0.321 e. The standard InChI is InChI=1S/C15H13FO2/c16-11-15(14(17)18,12-7-3-1-4-8-12)13-9-5-2-6-10-13/h1-10H,11H2,(H,17,18). The first-order chi connectivity index (χ1) is 8.71. The van der Waals surface area contributed by atoms with E-state index >= 15 is 0 Å². The predicted octanol–water partition coefficient (Wildman–Crippen LogP) is 3.03. The molecule has 0 aliphatic carbocycles. The van der Waals surface area contributed by atoms with Gasteiger partial charge in [0.2, 0.25) is 0 Å². The highest BCUT2D eigenvalue weighted by Gasteiger charge is 2.42. The van der Waals surface area contributed by atoms with Crippen LogP contribution in [0.25, 0.3) is 0 Å². The molecule has 0 radical (unpaired) electrons. The molecule has 0 unspecified atom stereocenters. The first-order valence-corrected chi connectivity index (χ1v) is 5.62. The van der Waals surface area contributed by atoms with Crippen LogP contribution in [0.2, 0.25) is 0 Å². The van der Waals surface area contributed by atoms with Gasteiger partial charge >= 0.3 is 5.97 Å². The summed E-state index contributed by atoms with van der Waals surface area (Å²) in [6.07, 6.45) is 0. The van der Waals surface area contributed by atoms with Crippen LogP contribution in [-0.2, 0) is 10.2 Å². The minimum absolute atomic E-state index is 0.450. The second-order valence-corrected chi connectivity index (χ2v) is 4.08. The van der Waals surface area contributed by atoms with Crippen LogP contribution in [0, 0.1) is 0 Å². The van der Waals surface area contributed by atoms with E-state index in [1.807, 2.05) is 0 Å². The highest BCUT2D eigenvalue weighted by Crippen LogP contribution is 2.33. The van der Waals surface area contributed by atoms with Gasteiger partial charge in [0.15, 0.2) is 0 Å². The number of halogens is 1. The lowest BCUT2D eigenvalue weighted by atomic mass is 9.75. The fourth-order valence-corrected chi connectivity index (χ4v) is 2.07. The van der Waals surface area contributed by atoms with Crippen LogP contribution in [0.3, 0.4) is 0 Å². The topological polar surface area (TPSA) is 37.3 Å². The zero-order chi connectivity index (χ0) is 13.0. The second-order valence-electron chi connectivity index (χ2n) is 4.08. The molecule has 2 nitrogen and oxygen atoms in total. The van der Waals surface area contributed by atoms with Crippen LogP contribution in [-0.4, -0.2) is 17.8 Å². The largest absolute Gasteiger partial charge is 0.480 e. The number of carboxylic acids is 1. The summed E-state index contributed by atoms with van der Waals surface area (Å²) < 4.78 is 13.6. The van der Waals surface area contributed by atoms with Crippen LogP contribution in [0.4, 0.5) is 4.39 Å². The molecule has 0 amide bonds. The number of rotatable bonds is 4. The van der Waals surface area contributed by atoms with Crippen LogP contribution in [0.5, 0.6) is 0 Å². The van der Waals surface area contributed by atoms with E-state index in [0.717, 1.165) is 0 Å². The van der Waals surface area contributed by atoms with Crippen molar-refractivity contribution in [2.45, 2.75) is 5.41 Å². The summed E-state index contributed by atoms with van der Waals surface area (Å²) in [4.78, 5) is 11.6. The summed E-state index contributed by atoms with van der Waals surface area (Å²) in [5.74, 6) is -1.18. The van der Waals surface area contributed by atoms with Crippen molar-refractivity contribution >= 4 is 5.97 Å². The van der Waals surface area contributed by atoms with Gasteiger partial charge in [0.25, 0.3) is 0 Å². The normalized spacial score (nSPS) is 11.2. The van der Waals surface area contributed by atoms with Crippen molar-refractivity contribution in [2.75, 3.05) is 6.67 Å². The predicted molar refractivity (Wildman–Crippen MR) is 67.3 cm³/mol. The van der Waals surface area contributed by atoms with Crippen molar-refractivity contribution in [2.24, 2.45) is 0 Å². The van der Waals surface area contributed by atoms with Gasteiger partial charge in [0, 0.05) is 0 Å². The summed E-state index contributed by atoms with van der Waals surface area (Å²) in [6, 6.07) is 17.0. The summed E-state index contributed by atoms with van der Waals surface area (Å²) in [5.41, 5.74) is -0.722. The van der Waals surface area contributed by atoms with Crippen molar-refractivity contribution in [1.82, 2.24) is 0 Å². The number of hydrogen-bond acceptors (Lipinski definition) is 1. The molecule has 0 spiro atoms. The Morgan fingerprint density at radius 2 is 1.33 bits per heavy atom. The molecule has 0 bridgehead atoms. The quantitative estimate of drug-likeness (QED) is 0.897. The van der Waals surface area contributed by atoms with E-state index in [4.69, 9.17) is 0 Å². The Bertz CT molecular complexity index is 483. The minimum Gasteiger partial charge on any atom is -0.480 e. The number of alkyl halides is 1. The molecule has 3 heteroatoms. The summed E-state index contributed by atoms with van der Waals surface area (Å²) in [6.45, 7) is -0.976. The number of carbonyl (C=O) groups is 1. The van der Waals surface area contributed by atoms with Gasteiger partial charge in [0.1, 0.15) is 12.1 Å². The highest BCUT2D eigenvalue weighted by atomic mass is 19.1. The Labute approximate surface area is 105 Å². The number of hydrogen-bond donors (Lipinski definition) is 1. The Morgan fingerprint density at radius 3 is 1.61 bits per heavy atom. The maximum Gasteiger partial charge on any atom is 0.321 e. The van der Waals surface area contributed by atoms with E-state index in [-0.39, 0.29) is 0 Å². The first-order valence-electron chi connectivity index (χ1n) is 5.62. The maximum absolute atomic E-state index is 13.6. The van der Waals surface area contributed by atoms with E-state index in [1.54, 1.807) is 60.7 Å². The Balaban J connectivity index is 2.65. The van der Waals surface area contributed by atoms with E-state index in [1.165, 1.54) is 0 Å². The van der Waals surface area contributed by atoms with Gasteiger partial charge in [-0.15, -0.1) is 0 Å². The van der Waals surface area contributed by atoms with Crippen molar-refractivity contribution in [3.63, 3.8) is 0 Å². The summed E-state index contributed by atoms with van der Waals surface area (Å²) >= 11 is 0. The van der Waals surface area contributed by atoms with E-state index in [0.29, 0.717) is 11.1 Å². The van der Waals surface area contributed by atoms with Crippen LogP contribution in [0.1, 0.15) is 11.1 Å². The monoisotopic (exact) mass is 244 g/mol. The molecular weight excluding hydrogens is 231 g/mol.